The maximum absolute atomic E-state index is 11.6. The number of nitrogens with zero attached hydrogens (tertiary/aromatic N) is 2. The van der Waals surface area contributed by atoms with Gasteiger partial charge in [0.25, 0.3) is 0 Å². The number of hydrogen-bond donors (Lipinski definition) is 1. The van der Waals surface area contributed by atoms with Crippen LogP contribution in [0, 0.1) is 0 Å². The predicted molar refractivity (Wildman–Crippen MR) is 79.4 cm³/mol. The van der Waals surface area contributed by atoms with E-state index in [1.165, 1.54) is 6.20 Å². The largest absolute Gasteiger partial charge is 0.478 e. The fraction of sp³-hybridized carbons (Fsp3) is 0.375. The molecule has 1 heterocycles. The summed E-state index contributed by atoms with van der Waals surface area (Å²) in [5.74, 6) is -0.903. The molecule has 20 heavy (non-hydrogen) atoms. The normalized spacial score (nSPS) is 14.4. The van der Waals surface area contributed by atoms with E-state index < -0.39 is 5.97 Å². The molecule has 2 aromatic rings. The number of carboxylic acids is 1. The third-order valence-corrected chi connectivity index (χ3v) is 3.72. The number of carboxylic acid groups (broad SMARTS) is 1. The van der Waals surface area contributed by atoms with Crippen LogP contribution in [0.25, 0.3) is 10.9 Å². The third-order valence-electron chi connectivity index (χ3n) is 3.72. The molecule has 0 aliphatic heterocycles. The average Bonchev–Trinajstić information content (AvgIpc) is 3.28. The van der Waals surface area contributed by atoms with Crippen molar-refractivity contribution >= 4 is 22.6 Å². The van der Waals surface area contributed by atoms with Gasteiger partial charge in [0.05, 0.1) is 11.2 Å². The van der Waals surface area contributed by atoms with Gasteiger partial charge in [-0.25, -0.2) is 4.79 Å². The van der Waals surface area contributed by atoms with E-state index in [-0.39, 0.29) is 0 Å². The molecule has 0 atom stereocenters. The van der Waals surface area contributed by atoms with Crippen LogP contribution >= 0.6 is 0 Å². The molecule has 0 unspecified atom stereocenters. The molecule has 1 fully saturated rings. The number of rotatable bonds is 5. The Kier molecular flexibility index (Phi) is 3.30. The fourth-order valence-electron chi connectivity index (χ4n) is 2.70. The molecule has 0 bridgehead atoms. The molecule has 1 aliphatic carbocycles. The van der Waals surface area contributed by atoms with E-state index in [4.69, 9.17) is 0 Å². The van der Waals surface area contributed by atoms with E-state index >= 15 is 0 Å². The second kappa shape index (κ2) is 5.12. The lowest BCUT2D eigenvalue weighted by Crippen LogP contribution is -2.28. The lowest BCUT2D eigenvalue weighted by Gasteiger charge is -2.27. The molecule has 0 amide bonds. The molecule has 1 aromatic carbocycles. The number of benzene rings is 1. The van der Waals surface area contributed by atoms with E-state index in [0.29, 0.717) is 11.6 Å². The molecule has 1 aromatic heterocycles. The Hall–Kier alpha value is -2.10. The highest BCUT2D eigenvalue weighted by Gasteiger charge is 2.32. The quantitative estimate of drug-likeness (QED) is 0.905. The summed E-state index contributed by atoms with van der Waals surface area (Å²) >= 11 is 0. The van der Waals surface area contributed by atoms with Crippen LogP contribution in [0.15, 0.2) is 30.5 Å². The van der Waals surface area contributed by atoms with E-state index in [0.717, 1.165) is 42.4 Å². The Bertz CT molecular complexity index is 650. The zero-order valence-corrected chi connectivity index (χ0v) is 11.5. The topological polar surface area (TPSA) is 53.4 Å². The van der Waals surface area contributed by atoms with Gasteiger partial charge in [-0.2, -0.15) is 0 Å². The minimum atomic E-state index is -0.903. The van der Waals surface area contributed by atoms with Gasteiger partial charge < -0.3 is 10.0 Å². The van der Waals surface area contributed by atoms with Gasteiger partial charge in [-0.15, -0.1) is 0 Å². The van der Waals surface area contributed by atoms with E-state index in [1.807, 2.05) is 24.3 Å². The lowest BCUT2D eigenvalue weighted by molar-refractivity contribution is 0.0697. The molecule has 1 aliphatic rings. The molecule has 1 N–H and O–H groups in total. The molecule has 3 rings (SSSR count). The number of aromatic carboxylic acids is 1. The van der Waals surface area contributed by atoms with Crippen LogP contribution in [0.5, 0.6) is 0 Å². The summed E-state index contributed by atoms with van der Waals surface area (Å²) in [6, 6.07) is 8.26. The van der Waals surface area contributed by atoms with E-state index in [2.05, 4.69) is 16.8 Å². The summed E-state index contributed by atoms with van der Waals surface area (Å²) < 4.78 is 0. The molecular weight excluding hydrogens is 252 g/mol. The summed E-state index contributed by atoms with van der Waals surface area (Å²) in [7, 11) is 0. The first-order chi connectivity index (χ1) is 9.72. The van der Waals surface area contributed by atoms with Gasteiger partial charge in [-0.3, -0.25) is 4.98 Å². The average molecular weight is 270 g/mol. The van der Waals surface area contributed by atoms with Gasteiger partial charge in [0.1, 0.15) is 5.56 Å². The van der Waals surface area contributed by atoms with Gasteiger partial charge >= 0.3 is 5.97 Å². The van der Waals surface area contributed by atoms with Gasteiger partial charge in [-0.1, -0.05) is 25.1 Å². The molecule has 104 valence electrons. The van der Waals surface area contributed by atoms with Gasteiger partial charge in [-0.05, 0) is 25.3 Å². The van der Waals surface area contributed by atoms with Gasteiger partial charge in [0.2, 0.25) is 0 Å². The Balaban J connectivity index is 2.23. The molecule has 1 saturated carbocycles. The van der Waals surface area contributed by atoms with Crippen molar-refractivity contribution in [1.82, 2.24) is 4.98 Å². The Labute approximate surface area is 118 Å². The highest BCUT2D eigenvalue weighted by molar-refractivity contribution is 6.04. The van der Waals surface area contributed by atoms with Crippen LogP contribution < -0.4 is 4.90 Å². The van der Waals surface area contributed by atoms with Crippen molar-refractivity contribution in [3.05, 3.63) is 36.0 Å². The summed E-state index contributed by atoms with van der Waals surface area (Å²) in [4.78, 5) is 18.1. The van der Waals surface area contributed by atoms with Crippen molar-refractivity contribution in [1.29, 1.82) is 0 Å². The first kappa shape index (κ1) is 12.9. The van der Waals surface area contributed by atoms with Crippen LogP contribution in [-0.2, 0) is 0 Å². The van der Waals surface area contributed by atoms with Gasteiger partial charge in [0.15, 0.2) is 0 Å². The van der Waals surface area contributed by atoms with Crippen molar-refractivity contribution in [2.75, 3.05) is 11.4 Å². The molecule has 0 spiro atoms. The van der Waals surface area contributed by atoms with Crippen molar-refractivity contribution in [2.45, 2.75) is 32.2 Å². The zero-order valence-electron chi connectivity index (χ0n) is 11.5. The van der Waals surface area contributed by atoms with Crippen molar-refractivity contribution in [3.63, 3.8) is 0 Å². The number of para-hydroxylation sites is 1. The van der Waals surface area contributed by atoms with Gasteiger partial charge in [0, 0.05) is 24.2 Å². The van der Waals surface area contributed by atoms with Crippen LogP contribution in [-0.4, -0.2) is 28.6 Å². The van der Waals surface area contributed by atoms with Crippen LogP contribution in [0.1, 0.15) is 36.5 Å². The fourth-order valence-corrected chi connectivity index (χ4v) is 2.70. The standard InChI is InChI=1S/C16H18N2O2/c1-2-9-18(11-7-8-11)15-12-5-3-4-6-14(12)17-10-13(15)16(19)20/h3-6,10-11H,2,7-9H2,1H3,(H,19,20). The Morgan fingerprint density at radius 1 is 1.40 bits per heavy atom. The highest BCUT2D eigenvalue weighted by atomic mass is 16.4. The number of hydrogen-bond acceptors (Lipinski definition) is 3. The summed E-state index contributed by atoms with van der Waals surface area (Å²) in [5, 5.41) is 10.4. The summed E-state index contributed by atoms with van der Waals surface area (Å²) in [5.41, 5.74) is 2.01. The smallest absolute Gasteiger partial charge is 0.339 e. The maximum atomic E-state index is 11.6. The SMILES string of the molecule is CCCN(c1c(C(=O)O)cnc2ccccc12)C1CC1. The minimum absolute atomic E-state index is 0.309. The number of anilines is 1. The molecule has 0 radical (unpaired) electrons. The first-order valence-corrected chi connectivity index (χ1v) is 7.10. The zero-order chi connectivity index (χ0) is 14.1. The monoisotopic (exact) mass is 270 g/mol. The summed E-state index contributed by atoms with van der Waals surface area (Å²) in [6.07, 6.45) is 4.79. The minimum Gasteiger partial charge on any atom is -0.478 e. The second-order valence-corrected chi connectivity index (χ2v) is 5.27. The van der Waals surface area contributed by atoms with E-state index in [9.17, 15) is 9.90 Å². The molecular formula is C16H18N2O2. The second-order valence-electron chi connectivity index (χ2n) is 5.27. The Morgan fingerprint density at radius 3 is 2.80 bits per heavy atom. The highest BCUT2D eigenvalue weighted by Crippen LogP contribution is 2.37. The molecule has 4 nitrogen and oxygen atoms in total. The predicted octanol–water partition coefficient (Wildman–Crippen LogP) is 3.31. The van der Waals surface area contributed by atoms with Crippen LogP contribution in [0.2, 0.25) is 0 Å². The van der Waals surface area contributed by atoms with E-state index in [1.54, 1.807) is 0 Å². The van der Waals surface area contributed by atoms with Crippen molar-refractivity contribution in [2.24, 2.45) is 0 Å². The van der Waals surface area contributed by atoms with Crippen LogP contribution in [0.3, 0.4) is 0 Å². The Morgan fingerprint density at radius 2 is 2.15 bits per heavy atom. The number of carbonyl (C=O) groups is 1. The van der Waals surface area contributed by atoms with Crippen molar-refractivity contribution < 1.29 is 9.90 Å². The number of fused-ring (bicyclic) bond motifs is 1. The first-order valence-electron chi connectivity index (χ1n) is 7.10. The van der Waals surface area contributed by atoms with Crippen molar-refractivity contribution in [3.8, 4) is 0 Å². The summed E-state index contributed by atoms with van der Waals surface area (Å²) in [6.45, 7) is 3.01. The molecule has 0 saturated heterocycles. The number of pyridine rings is 1. The lowest BCUT2D eigenvalue weighted by atomic mass is 10.1. The maximum Gasteiger partial charge on any atom is 0.339 e. The molecule has 4 heteroatoms. The third kappa shape index (κ3) is 2.22. The number of aromatic nitrogens is 1. The van der Waals surface area contributed by atoms with Crippen LogP contribution in [0.4, 0.5) is 5.69 Å².